The SMILES string of the molecule is COc1cc(C=C2SC(=O)N(CC(=O)N3CCCCCC3)C2=O)cc(Br)c1OCc1ccc(Br)cc1. The van der Waals surface area contributed by atoms with Crippen LogP contribution in [0.2, 0.25) is 0 Å². The van der Waals surface area contributed by atoms with E-state index in [-0.39, 0.29) is 17.4 Å². The molecule has 0 radical (unpaired) electrons. The Labute approximate surface area is 231 Å². The number of halogens is 2. The Bertz CT molecular complexity index is 1180. The molecule has 2 aliphatic rings. The molecule has 0 aliphatic carbocycles. The fourth-order valence-electron chi connectivity index (χ4n) is 4.04. The average Bonchev–Trinajstić information content (AvgIpc) is 3.05. The molecule has 3 amide bonds. The van der Waals surface area contributed by atoms with E-state index < -0.39 is 11.1 Å². The van der Waals surface area contributed by atoms with Crippen LogP contribution in [0.15, 0.2) is 50.2 Å². The van der Waals surface area contributed by atoms with Gasteiger partial charge >= 0.3 is 0 Å². The van der Waals surface area contributed by atoms with Crippen LogP contribution in [0, 0.1) is 0 Å². The number of thioether (sulfide) groups is 1. The van der Waals surface area contributed by atoms with Crippen LogP contribution < -0.4 is 9.47 Å². The van der Waals surface area contributed by atoms with Crippen LogP contribution in [0.1, 0.15) is 36.8 Å². The topological polar surface area (TPSA) is 76.2 Å². The molecule has 36 heavy (non-hydrogen) atoms. The number of amides is 3. The summed E-state index contributed by atoms with van der Waals surface area (Å²) in [7, 11) is 1.54. The summed E-state index contributed by atoms with van der Waals surface area (Å²) < 4.78 is 13.2. The maximum Gasteiger partial charge on any atom is 0.294 e. The summed E-state index contributed by atoms with van der Waals surface area (Å²) in [6.07, 6.45) is 5.73. The second-order valence-electron chi connectivity index (χ2n) is 8.51. The number of likely N-dealkylation sites (tertiary alicyclic amines) is 1. The van der Waals surface area contributed by atoms with Crippen LogP contribution in [-0.4, -0.2) is 53.6 Å². The highest BCUT2D eigenvalue weighted by Crippen LogP contribution is 2.39. The van der Waals surface area contributed by atoms with E-state index in [0.717, 1.165) is 52.4 Å². The molecule has 190 valence electrons. The van der Waals surface area contributed by atoms with Gasteiger partial charge in [-0.2, -0.15) is 0 Å². The van der Waals surface area contributed by atoms with Crippen molar-refractivity contribution >= 4 is 66.8 Å². The summed E-state index contributed by atoms with van der Waals surface area (Å²) in [5.41, 5.74) is 1.67. The Balaban J connectivity index is 1.47. The molecule has 0 aromatic heterocycles. The number of methoxy groups -OCH3 is 1. The monoisotopic (exact) mass is 636 g/mol. The van der Waals surface area contributed by atoms with Gasteiger partial charge in [0.1, 0.15) is 13.2 Å². The molecule has 2 fully saturated rings. The van der Waals surface area contributed by atoms with Gasteiger partial charge in [0.05, 0.1) is 16.5 Å². The van der Waals surface area contributed by atoms with Crippen LogP contribution in [0.5, 0.6) is 11.5 Å². The predicted octanol–water partition coefficient (Wildman–Crippen LogP) is 6.24. The van der Waals surface area contributed by atoms with Gasteiger partial charge in [0, 0.05) is 17.6 Å². The highest BCUT2D eigenvalue weighted by atomic mass is 79.9. The van der Waals surface area contributed by atoms with Crippen molar-refractivity contribution in [2.75, 3.05) is 26.7 Å². The third kappa shape index (κ3) is 6.52. The lowest BCUT2D eigenvalue weighted by Gasteiger charge is -2.22. The number of benzene rings is 2. The van der Waals surface area contributed by atoms with E-state index in [2.05, 4.69) is 31.9 Å². The van der Waals surface area contributed by atoms with Gasteiger partial charge in [-0.3, -0.25) is 19.3 Å². The van der Waals surface area contributed by atoms with E-state index in [1.807, 2.05) is 24.3 Å². The molecule has 2 aliphatic heterocycles. The molecular weight excluding hydrogens is 612 g/mol. The van der Waals surface area contributed by atoms with E-state index in [9.17, 15) is 14.4 Å². The molecule has 0 atom stereocenters. The summed E-state index contributed by atoms with van der Waals surface area (Å²) in [5, 5.41) is -0.435. The van der Waals surface area contributed by atoms with Gasteiger partial charge in [-0.15, -0.1) is 0 Å². The van der Waals surface area contributed by atoms with Gasteiger partial charge in [-0.1, -0.05) is 40.9 Å². The minimum Gasteiger partial charge on any atom is -0.493 e. The second-order valence-corrected chi connectivity index (χ2v) is 11.3. The van der Waals surface area contributed by atoms with Crippen molar-refractivity contribution in [1.29, 1.82) is 0 Å². The Morgan fingerprint density at radius 2 is 1.75 bits per heavy atom. The van der Waals surface area contributed by atoms with E-state index in [1.54, 1.807) is 30.2 Å². The molecule has 2 aromatic rings. The molecule has 2 heterocycles. The van der Waals surface area contributed by atoms with Crippen molar-refractivity contribution in [2.45, 2.75) is 32.3 Å². The Morgan fingerprint density at radius 1 is 1.06 bits per heavy atom. The van der Waals surface area contributed by atoms with Crippen molar-refractivity contribution in [2.24, 2.45) is 0 Å². The number of carbonyl (C=O) groups excluding carboxylic acids is 3. The molecule has 4 rings (SSSR count). The largest absolute Gasteiger partial charge is 0.493 e. The highest BCUT2D eigenvalue weighted by Gasteiger charge is 2.37. The van der Waals surface area contributed by atoms with Gasteiger partial charge in [0.25, 0.3) is 11.1 Å². The van der Waals surface area contributed by atoms with E-state index in [0.29, 0.717) is 41.2 Å². The molecule has 0 unspecified atom stereocenters. The molecule has 7 nitrogen and oxygen atoms in total. The number of carbonyl (C=O) groups is 3. The van der Waals surface area contributed by atoms with E-state index in [1.165, 1.54) is 0 Å². The van der Waals surface area contributed by atoms with Crippen LogP contribution in [0.4, 0.5) is 4.79 Å². The van der Waals surface area contributed by atoms with Crippen LogP contribution in [0.25, 0.3) is 6.08 Å². The first-order valence-electron chi connectivity index (χ1n) is 11.6. The fourth-order valence-corrected chi connectivity index (χ4v) is 5.72. The zero-order valence-electron chi connectivity index (χ0n) is 19.8. The van der Waals surface area contributed by atoms with Gasteiger partial charge in [-0.05, 0) is 82.0 Å². The molecule has 0 spiro atoms. The maximum absolute atomic E-state index is 13.0. The minimum absolute atomic E-state index is 0.183. The smallest absolute Gasteiger partial charge is 0.294 e. The number of imide groups is 1. The van der Waals surface area contributed by atoms with Gasteiger partial charge in [0.15, 0.2) is 11.5 Å². The summed E-state index contributed by atoms with van der Waals surface area (Å²) in [6.45, 7) is 1.48. The normalized spacial score (nSPS) is 17.5. The van der Waals surface area contributed by atoms with Crippen LogP contribution in [-0.2, 0) is 16.2 Å². The first-order chi connectivity index (χ1) is 17.4. The Morgan fingerprint density at radius 3 is 2.42 bits per heavy atom. The number of hydrogen-bond donors (Lipinski definition) is 0. The van der Waals surface area contributed by atoms with Crippen molar-refractivity contribution in [3.63, 3.8) is 0 Å². The number of rotatable bonds is 7. The molecule has 2 saturated heterocycles. The molecule has 10 heteroatoms. The zero-order chi connectivity index (χ0) is 25.7. The third-order valence-corrected chi connectivity index (χ3v) is 8.00. The number of hydrogen-bond acceptors (Lipinski definition) is 6. The highest BCUT2D eigenvalue weighted by molar-refractivity contribution is 9.10. The summed E-state index contributed by atoms with van der Waals surface area (Å²) in [4.78, 5) is 41.3. The van der Waals surface area contributed by atoms with Crippen molar-refractivity contribution in [3.8, 4) is 11.5 Å². The first-order valence-corrected chi connectivity index (χ1v) is 14.0. The lowest BCUT2D eigenvalue weighted by molar-refractivity contribution is -0.135. The molecular formula is C26H26Br2N2O5S. The Kier molecular flexibility index (Phi) is 9.14. The lowest BCUT2D eigenvalue weighted by Crippen LogP contribution is -2.42. The minimum atomic E-state index is -0.459. The summed E-state index contributed by atoms with van der Waals surface area (Å²) in [6, 6.07) is 11.4. The third-order valence-electron chi connectivity index (χ3n) is 5.97. The molecule has 0 N–H and O–H groups in total. The summed E-state index contributed by atoms with van der Waals surface area (Å²) in [5.74, 6) is 0.382. The van der Waals surface area contributed by atoms with Gasteiger partial charge in [-0.25, -0.2) is 0 Å². The maximum atomic E-state index is 13.0. The zero-order valence-corrected chi connectivity index (χ0v) is 23.8. The molecule has 2 aromatic carbocycles. The first kappa shape index (κ1) is 26.8. The lowest BCUT2D eigenvalue weighted by atomic mass is 10.1. The van der Waals surface area contributed by atoms with Crippen molar-refractivity contribution in [3.05, 3.63) is 61.4 Å². The second kappa shape index (κ2) is 12.3. The van der Waals surface area contributed by atoms with Gasteiger partial charge < -0.3 is 14.4 Å². The Hall–Kier alpha value is -2.30. The van der Waals surface area contributed by atoms with Crippen molar-refractivity contribution in [1.82, 2.24) is 9.80 Å². The van der Waals surface area contributed by atoms with Crippen LogP contribution >= 0.6 is 43.6 Å². The van der Waals surface area contributed by atoms with Gasteiger partial charge in [0.2, 0.25) is 5.91 Å². The van der Waals surface area contributed by atoms with Crippen LogP contribution in [0.3, 0.4) is 0 Å². The predicted molar refractivity (Wildman–Crippen MR) is 147 cm³/mol. The quantitative estimate of drug-likeness (QED) is 0.335. The average molecular weight is 638 g/mol. The van der Waals surface area contributed by atoms with Crippen molar-refractivity contribution < 1.29 is 23.9 Å². The molecule has 0 bridgehead atoms. The summed E-state index contributed by atoms with van der Waals surface area (Å²) >= 11 is 7.79. The number of ether oxygens (including phenoxy) is 2. The van der Waals surface area contributed by atoms with E-state index in [4.69, 9.17) is 9.47 Å². The van der Waals surface area contributed by atoms with E-state index >= 15 is 0 Å². The molecule has 0 saturated carbocycles. The fraction of sp³-hybridized carbons (Fsp3) is 0.346. The standard InChI is InChI=1S/C26H26Br2N2O5S/c1-34-21-13-18(12-20(28)24(21)35-16-17-6-8-19(27)9-7-17)14-22-25(32)30(26(33)36-22)15-23(31)29-10-4-2-3-5-11-29/h6-9,12-14H,2-5,10-11,15-16H2,1H3. The number of nitrogens with zero attached hydrogens (tertiary/aromatic N) is 2.